The largest absolute Gasteiger partial charge is 0.747 e. The zero-order valence-electron chi connectivity index (χ0n) is 97.2. The van der Waals surface area contributed by atoms with Crippen LogP contribution >= 0.6 is 58.8 Å². The lowest BCUT2D eigenvalue weighted by Crippen LogP contribution is -2.44. The molecule has 5 rings (SSSR count). The Kier molecular flexibility index (Phi) is 81.0. The molecule has 3 fully saturated rings. The van der Waals surface area contributed by atoms with Gasteiger partial charge in [-0.15, -0.1) is 23.5 Å². The standard InChI is InChI=1S/C22H37N3O2.C18H29NO3S.C16H33N3O2.C14H22N2O2.C13H23NO2S.C11H22OS.C10H20O4S2.C10H20OS/c1-16(2)24-20(12-8-9-13-23)21(26)15-19(22(27)25-17(3)4)14-18-10-6-5-7-11-18;1-11(2)17(21)14-7-5-13(6-8-14)10-19-16(20)9-15(18(19)22)23-12(3)4;1-11(2)18-14(8-6-7-9-17)15(20)10-13(5)16(21)19-12(3)4;1-10(2)15-13-7-5-12(6-8-13)9-18-14(17)16-11(3)4;1-9(2)6-5-7-14-12(15)8-11(13(14)16)17-10(3)4;1-8(2)11(12)7-6-10(5)13-9(3)4;1-7(2)10(11)9(16(12,13)14)5-6-15-8(3)4;1-8(2)10(11)6-5-7-12-9(3)4/h5-7,10-11,16-17,19-20,24H,8-9,12-15,23H2,1-4H3,(H,25,27);11-15H,5-10H2,1-4H3;11-14,18H,6-10,17H2,1-5H3,(H,19,21);5-8,10-11,15H,9H2,1-4H3,(H,16,17);9-11H,5-8H2,1-4H3;8-10H,6-7H2,1-5H3;7-9H,5-6H2,1-4H3,(H,12,13,14);8-9H,5-7H2,1-4H3/p-1. The highest BCUT2D eigenvalue weighted by molar-refractivity contribution is 8.01. The Hall–Kier alpha value is -5.75. The van der Waals surface area contributed by atoms with Gasteiger partial charge in [0.1, 0.15) is 39.3 Å². The van der Waals surface area contributed by atoms with Gasteiger partial charge in [-0.1, -0.05) is 235 Å². The summed E-state index contributed by atoms with van der Waals surface area (Å²) in [6.07, 6.45) is 16.1. The van der Waals surface area contributed by atoms with E-state index in [1.54, 1.807) is 49.1 Å². The number of carbonyl (C=O) groups is 13. The molecule has 147 heavy (non-hydrogen) atoms. The molecule has 2 saturated heterocycles. The van der Waals surface area contributed by atoms with Gasteiger partial charge in [0.15, 0.2) is 17.3 Å². The average Bonchev–Trinajstić information content (AvgIpc) is 1.68. The molecular formula is C114H205N10O17S6-. The van der Waals surface area contributed by atoms with Crippen LogP contribution in [0.3, 0.4) is 0 Å². The molecule has 850 valence electrons. The molecule has 27 nitrogen and oxygen atoms in total. The van der Waals surface area contributed by atoms with Crippen LogP contribution in [0.25, 0.3) is 0 Å². The minimum Gasteiger partial charge on any atom is -0.747 e. The summed E-state index contributed by atoms with van der Waals surface area (Å²) in [5.74, 6) is 3.11. The third-order valence-electron chi connectivity index (χ3n) is 23.3. The van der Waals surface area contributed by atoms with Crippen molar-refractivity contribution in [2.24, 2.45) is 64.7 Å². The van der Waals surface area contributed by atoms with Gasteiger partial charge < -0.3 is 52.7 Å². The number of thioether (sulfide) groups is 5. The summed E-state index contributed by atoms with van der Waals surface area (Å²) in [4.78, 5) is 159. The van der Waals surface area contributed by atoms with E-state index in [-0.39, 0.29) is 161 Å². The van der Waals surface area contributed by atoms with Crippen molar-refractivity contribution in [3.05, 3.63) is 65.7 Å². The van der Waals surface area contributed by atoms with Crippen molar-refractivity contribution in [1.82, 2.24) is 36.4 Å². The second-order valence-corrected chi connectivity index (χ2v) is 54.5. The van der Waals surface area contributed by atoms with Crippen LogP contribution in [0.15, 0.2) is 54.6 Å². The van der Waals surface area contributed by atoms with Crippen LogP contribution in [-0.2, 0) is 85.4 Å². The predicted octanol–water partition coefficient (Wildman–Crippen LogP) is 21.9. The second-order valence-electron chi connectivity index (χ2n) is 44.0. The van der Waals surface area contributed by atoms with Crippen LogP contribution in [0, 0.1) is 53.3 Å². The van der Waals surface area contributed by atoms with Crippen LogP contribution in [0.5, 0.6) is 0 Å². The summed E-state index contributed by atoms with van der Waals surface area (Å²) in [5, 5.41) is 19.9. The molecule has 1 aliphatic carbocycles. The Morgan fingerprint density at radius 1 is 0.449 bits per heavy atom. The zero-order chi connectivity index (χ0) is 113. The van der Waals surface area contributed by atoms with E-state index < -0.39 is 27.1 Å². The van der Waals surface area contributed by atoms with Gasteiger partial charge in [-0.3, -0.25) is 67.3 Å². The number of hydrogen-bond donors (Lipinski definition) is 8. The number of amides is 7. The number of carbonyl (C=O) groups excluding carboxylic acids is 13. The SMILES string of the molecule is CC(C)CCCN1C(=O)CC(SC(C)C)C1=O.CC(C)NC(=O)C(C)CC(=O)C(CCCCN)NC(C)C.CC(C)NC(=O)C(CC(=O)C(CCCCN)NC(C)C)Cc1ccccc1.CC(C)NC(=O)OCc1ccc(NC(C)C)cc1.CC(C)SC(C)CCC(=O)C(C)C.CC(C)SC1CC(=O)N(CC2CCC(C(=O)C(C)C)CC2)C1=O.CC(C)SCCC(C(=O)C(C)C)S(=O)(=O)[O-].CC(C)SCCCC(=O)C(C)C. The van der Waals surface area contributed by atoms with E-state index in [0.717, 1.165) is 125 Å². The first-order chi connectivity index (χ1) is 68.4. The van der Waals surface area contributed by atoms with Crippen molar-refractivity contribution >= 4 is 151 Å². The number of likely N-dealkylation sites (tertiary alicyclic amines) is 2. The highest BCUT2D eigenvalue weighted by atomic mass is 32.2. The van der Waals surface area contributed by atoms with Gasteiger partial charge in [0.2, 0.25) is 35.4 Å². The summed E-state index contributed by atoms with van der Waals surface area (Å²) in [7, 11) is -4.52. The number of unbranched alkanes of at least 4 members (excludes halogenated alkanes) is 2. The van der Waals surface area contributed by atoms with Gasteiger partial charge in [0, 0.05) is 140 Å². The Morgan fingerprint density at radius 2 is 0.912 bits per heavy atom. The van der Waals surface area contributed by atoms with E-state index >= 15 is 0 Å². The summed E-state index contributed by atoms with van der Waals surface area (Å²) >= 11 is 8.63. The van der Waals surface area contributed by atoms with Gasteiger partial charge >= 0.3 is 6.09 Å². The maximum atomic E-state index is 13.0. The normalized spacial score (nSPS) is 16.5. The van der Waals surface area contributed by atoms with Crippen LogP contribution in [0.2, 0.25) is 0 Å². The molecule has 8 unspecified atom stereocenters. The maximum absolute atomic E-state index is 13.0. The van der Waals surface area contributed by atoms with Crippen molar-refractivity contribution in [1.29, 1.82) is 0 Å². The molecule has 2 heterocycles. The van der Waals surface area contributed by atoms with Gasteiger partial charge in [-0.25, -0.2) is 13.2 Å². The van der Waals surface area contributed by atoms with Gasteiger partial charge in [0.05, 0.1) is 22.6 Å². The lowest BCUT2D eigenvalue weighted by atomic mass is 9.77. The highest BCUT2D eigenvalue weighted by Gasteiger charge is 2.42. The molecule has 7 amide bonds. The molecule has 8 atom stereocenters. The summed E-state index contributed by atoms with van der Waals surface area (Å²) in [6, 6.07) is 18.5. The number of ketones is 6. The Bertz CT molecular complexity index is 4120. The van der Waals surface area contributed by atoms with Crippen molar-refractivity contribution in [3.63, 3.8) is 0 Å². The summed E-state index contributed by atoms with van der Waals surface area (Å²) in [6.45, 7) is 70.9. The van der Waals surface area contributed by atoms with Crippen molar-refractivity contribution in [3.8, 4) is 0 Å². The van der Waals surface area contributed by atoms with Crippen molar-refractivity contribution < 1.29 is 80.0 Å². The van der Waals surface area contributed by atoms with Crippen molar-refractivity contribution in [2.45, 2.75) is 479 Å². The minimum absolute atomic E-state index is 0.00548. The van der Waals surface area contributed by atoms with Crippen LogP contribution in [-0.4, -0.2) is 232 Å². The summed E-state index contributed by atoms with van der Waals surface area (Å²) < 4.78 is 38.0. The number of nitrogens with zero attached hydrogens (tertiary/aromatic N) is 2. The molecule has 2 aromatic rings. The molecule has 0 spiro atoms. The Balaban J connectivity index is -0.00000163. The van der Waals surface area contributed by atoms with Crippen LogP contribution in [0.4, 0.5) is 10.5 Å². The number of ether oxygens (including phenoxy) is 1. The van der Waals surface area contributed by atoms with E-state index in [2.05, 4.69) is 122 Å². The highest BCUT2D eigenvalue weighted by Crippen LogP contribution is 2.36. The molecular weight excluding hydrogens is 1970 g/mol. The minimum atomic E-state index is -4.52. The number of Topliss-reactive ketones (excluding diaryl/α,β-unsaturated/α-hetero) is 6. The first-order valence-electron chi connectivity index (χ1n) is 54.8. The second kappa shape index (κ2) is 81.9. The van der Waals surface area contributed by atoms with Crippen molar-refractivity contribution in [2.75, 3.05) is 43.0 Å². The Morgan fingerprint density at radius 3 is 1.33 bits per heavy atom. The predicted molar refractivity (Wildman–Crippen MR) is 621 cm³/mol. The molecule has 3 aliphatic rings. The molecule has 0 bridgehead atoms. The van der Waals surface area contributed by atoms with E-state index in [4.69, 9.17) is 16.2 Å². The average molecular weight is 2180 g/mol. The monoisotopic (exact) mass is 2180 g/mol. The molecule has 1 saturated carbocycles. The van der Waals surface area contributed by atoms with Crippen LogP contribution < -0.4 is 43.4 Å². The van der Waals surface area contributed by atoms with E-state index in [0.29, 0.717) is 125 Å². The summed E-state index contributed by atoms with van der Waals surface area (Å²) in [5.41, 5.74) is 14.2. The number of anilines is 1. The third kappa shape index (κ3) is 73.3. The number of benzene rings is 2. The molecule has 0 aromatic heterocycles. The lowest BCUT2D eigenvalue weighted by molar-refractivity contribution is -0.140. The molecule has 0 radical (unpaired) electrons. The van der Waals surface area contributed by atoms with Gasteiger partial charge in [-0.05, 0) is 231 Å². The quantitative estimate of drug-likeness (QED) is 0.0173. The number of hydrogen-bond acceptors (Lipinski definition) is 27. The maximum Gasteiger partial charge on any atom is 0.407 e. The first-order valence-corrected chi connectivity index (χ1v) is 61.2. The topological polar surface area (TPSA) is 419 Å². The third-order valence-corrected chi connectivity index (χ3v) is 30.5. The number of nitrogens with two attached hydrogens (primary N) is 2. The molecule has 2 aliphatic heterocycles. The smallest absolute Gasteiger partial charge is 0.407 e. The first kappa shape index (κ1) is 145. The Labute approximate surface area is 913 Å². The number of nitrogens with one attached hydrogen (secondary N) is 6. The molecule has 2 aromatic carbocycles. The van der Waals surface area contributed by atoms with E-state index in [9.17, 15) is 75.3 Å². The van der Waals surface area contributed by atoms with Gasteiger partial charge in [-0.2, -0.15) is 35.3 Å². The fraction of sp³-hybridized carbons (Fsp3) is 0.781. The zero-order valence-corrected chi connectivity index (χ0v) is 102. The molecule has 33 heteroatoms. The van der Waals surface area contributed by atoms with Gasteiger partial charge in [0.25, 0.3) is 0 Å². The fourth-order valence-corrected chi connectivity index (χ4v) is 21.9. The number of alkyl carbamates (subject to hydrolysis) is 1. The lowest BCUT2D eigenvalue weighted by Gasteiger charge is -2.30. The molecule has 10 N–H and O–H groups in total. The number of rotatable bonds is 60. The number of imide groups is 2. The van der Waals surface area contributed by atoms with E-state index in [1.165, 1.54) is 9.80 Å². The van der Waals surface area contributed by atoms with E-state index in [1.807, 2.05) is 210 Å². The fourth-order valence-electron chi connectivity index (χ4n) is 15.7. The van der Waals surface area contributed by atoms with Crippen LogP contribution in [0.1, 0.15) is 381 Å².